The fraction of sp³-hybridized carbons (Fsp3) is 0.357. The summed E-state index contributed by atoms with van der Waals surface area (Å²) in [5.74, 6) is 0.774. The third-order valence-corrected chi connectivity index (χ3v) is 3.14. The summed E-state index contributed by atoms with van der Waals surface area (Å²) in [6.07, 6.45) is 1.88. The topological polar surface area (TPSA) is 54.7 Å². The Hall–Kier alpha value is -2.01. The molecule has 1 aromatic heterocycles. The third kappa shape index (κ3) is 2.88. The van der Waals surface area contributed by atoms with Crippen LogP contribution in [0.3, 0.4) is 0 Å². The molecule has 1 N–H and O–H groups in total. The Labute approximate surface area is 112 Å². The van der Waals surface area contributed by atoms with Crippen LogP contribution < -0.4 is 4.74 Å². The van der Waals surface area contributed by atoms with E-state index in [0.29, 0.717) is 6.54 Å². The van der Waals surface area contributed by atoms with Crippen molar-refractivity contribution in [2.45, 2.75) is 6.54 Å². The van der Waals surface area contributed by atoms with Crippen LogP contribution in [0.1, 0.15) is 0 Å². The number of ether oxygens (including phenoxy) is 1. The average molecular weight is 262 g/mol. The molecule has 102 valence electrons. The van der Waals surface area contributed by atoms with Gasteiger partial charge >= 0.3 is 0 Å². The maximum atomic E-state index is 11.9. The number of nitrogens with zero attached hydrogens (tertiary/aromatic N) is 2. The van der Waals surface area contributed by atoms with Gasteiger partial charge in [-0.3, -0.25) is 4.79 Å². The largest absolute Gasteiger partial charge is 0.497 e. The van der Waals surface area contributed by atoms with Crippen LogP contribution >= 0.6 is 0 Å². The monoisotopic (exact) mass is 262 g/mol. The molecule has 0 unspecified atom stereocenters. The van der Waals surface area contributed by atoms with Crippen LogP contribution in [-0.4, -0.2) is 47.8 Å². The van der Waals surface area contributed by atoms with E-state index in [2.05, 4.69) is 0 Å². The average Bonchev–Trinajstić information content (AvgIpc) is 2.81. The Balaban J connectivity index is 2.19. The lowest BCUT2D eigenvalue weighted by atomic mass is 10.2. The van der Waals surface area contributed by atoms with Crippen molar-refractivity contribution < 1.29 is 14.6 Å². The number of aliphatic hydroxyl groups is 1. The van der Waals surface area contributed by atoms with Gasteiger partial charge < -0.3 is 19.3 Å². The van der Waals surface area contributed by atoms with E-state index >= 15 is 0 Å². The number of hydrogen-bond donors (Lipinski definition) is 1. The number of amides is 1. The second kappa shape index (κ2) is 5.75. The van der Waals surface area contributed by atoms with Gasteiger partial charge in [-0.15, -0.1) is 0 Å². The Morgan fingerprint density at radius 3 is 2.89 bits per heavy atom. The van der Waals surface area contributed by atoms with Crippen LogP contribution in [0.5, 0.6) is 5.75 Å². The molecule has 5 heteroatoms. The highest BCUT2D eigenvalue weighted by molar-refractivity contribution is 5.84. The fourth-order valence-corrected chi connectivity index (χ4v) is 1.98. The number of carbonyl (C=O) groups is 1. The highest BCUT2D eigenvalue weighted by Gasteiger charge is 2.10. The Morgan fingerprint density at radius 1 is 1.42 bits per heavy atom. The maximum Gasteiger partial charge on any atom is 0.242 e. The maximum absolute atomic E-state index is 11.9. The molecule has 19 heavy (non-hydrogen) atoms. The van der Waals surface area contributed by atoms with Gasteiger partial charge in [-0.05, 0) is 24.3 Å². The quantitative estimate of drug-likeness (QED) is 0.878. The standard InChI is InChI=1S/C14H18N2O3/c1-15(7-8-17)14(18)10-16-6-5-11-9-12(19-2)3-4-13(11)16/h3-6,9,17H,7-8,10H2,1-2H3. The number of carbonyl (C=O) groups excluding carboxylic acids is 1. The van der Waals surface area contributed by atoms with Crippen molar-refractivity contribution in [2.24, 2.45) is 0 Å². The number of fused-ring (bicyclic) bond motifs is 1. The van der Waals surface area contributed by atoms with Crippen LogP contribution in [-0.2, 0) is 11.3 Å². The molecule has 2 rings (SSSR count). The minimum atomic E-state index is -0.0256. The number of likely N-dealkylation sites (N-methyl/N-ethyl adjacent to an activating group) is 1. The lowest BCUT2D eigenvalue weighted by Gasteiger charge is -2.16. The first-order chi connectivity index (χ1) is 9.15. The lowest BCUT2D eigenvalue weighted by molar-refractivity contribution is -0.130. The first kappa shape index (κ1) is 13.4. The van der Waals surface area contributed by atoms with E-state index in [9.17, 15) is 4.79 Å². The summed E-state index contributed by atoms with van der Waals surface area (Å²) in [5, 5.41) is 9.87. The van der Waals surface area contributed by atoms with E-state index in [4.69, 9.17) is 9.84 Å². The number of rotatable bonds is 5. The summed E-state index contributed by atoms with van der Waals surface area (Å²) in [6.45, 7) is 0.601. The van der Waals surface area contributed by atoms with Crippen molar-refractivity contribution in [1.82, 2.24) is 9.47 Å². The minimum Gasteiger partial charge on any atom is -0.497 e. The highest BCUT2D eigenvalue weighted by Crippen LogP contribution is 2.21. The second-order valence-electron chi connectivity index (χ2n) is 4.41. The Morgan fingerprint density at radius 2 is 2.21 bits per heavy atom. The number of aromatic nitrogens is 1. The molecule has 0 aliphatic rings. The van der Waals surface area contributed by atoms with Gasteiger partial charge in [0, 0.05) is 30.7 Å². The number of benzene rings is 1. The van der Waals surface area contributed by atoms with Crippen LogP contribution in [0.4, 0.5) is 0 Å². The molecule has 0 bridgehead atoms. The molecule has 0 aliphatic heterocycles. The molecule has 0 radical (unpaired) electrons. The normalized spacial score (nSPS) is 10.7. The Bertz CT molecular complexity index is 577. The van der Waals surface area contributed by atoms with Crippen molar-refractivity contribution in [3.05, 3.63) is 30.5 Å². The molecule has 0 saturated carbocycles. The van der Waals surface area contributed by atoms with Crippen molar-refractivity contribution in [1.29, 1.82) is 0 Å². The molecular weight excluding hydrogens is 244 g/mol. The van der Waals surface area contributed by atoms with E-state index in [1.807, 2.05) is 35.0 Å². The van der Waals surface area contributed by atoms with Gasteiger partial charge in [-0.25, -0.2) is 0 Å². The minimum absolute atomic E-state index is 0.0220. The summed E-state index contributed by atoms with van der Waals surface area (Å²) in [5.41, 5.74) is 0.992. The third-order valence-electron chi connectivity index (χ3n) is 3.14. The van der Waals surface area contributed by atoms with E-state index in [0.717, 1.165) is 16.7 Å². The summed E-state index contributed by atoms with van der Waals surface area (Å²) >= 11 is 0. The molecule has 0 spiro atoms. The van der Waals surface area contributed by atoms with Crippen molar-refractivity contribution >= 4 is 16.8 Å². The second-order valence-corrected chi connectivity index (χ2v) is 4.41. The van der Waals surface area contributed by atoms with Gasteiger partial charge in [0.25, 0.3) is 0 Å². The van der Waals surface area contributed by atoms with Gasteiger partial charge in [0.2, 0.25) is 5.91 Å². The van der Waals surface area contributed by atoms with Crippen molar-refractivity contribution in [3.63, 3.8) is 0 Å². The predicted octanol–water partition coefficient (Wildman–Crippen LogP) is 1.10. The van der Waals surface area contributed by atoms with Crippen LogP contribution in [0.25, 0.3) is 10.9 Å². The molecule has 2 aromatic rings. The van der Waals surface area contributed by atoms with Crippen molar-refractivity contribution in [3.8, 4) is 5.75 Å². The zero-order valence-corrected chi connectivity index (χ0v) is 11.2. The van der Waals surface area contributed by atoms with E-state index in [-0.39, 0.29) is 19.1 Å². The smallest absolute Gasteiger partial charge is 0.242 e. The molecule has 5 nitrogen and oxygen atoms in total. The van der Waals surface area contributed by atoms with E-state index < -0.39 is 0 Å². The summed E-state index contributed by atoms with van der Waals surface area (Å²) in [6, 6.07) is 7.71. The van der Waals surface area contributed by atoms with Crippen LogP contribution in [0.2, 0.25) is 0 Å². The number of hydrogen-bond acceptors (Lipinski definition) is 3. The molecule has 0 aliphatic carbocycles. The molecular formula is C14H18N2O3. The lowest BCUT2D eigenvalue weighted by Crippen LogP contribution is -2.32. The number of methoxy groups -OCH3 is 1. The molecule has 0 atom stereocenters. The van der Waals surface area contributed by atoms with Gasteiger partial charge in [0.05, 0.1) is 13.7 Å². The summed E-state index contributed by atoms with van der Waals surface area (Å²) < 4.78 is 7.06. The predicted molar refractivity (Wildman–Crippen MR) is 73.2 cm³/mol. The van der Waals surface area contributed by atoms with E-state index in [1.54, 1.807) is 14.2 Å². The summed E-state index contributed by atoms with van der Waals surface area (Å²) in [4.78, 5) is 13.5. The van der Waals surface area contributed by atoms with Gasteiger partial charge in [-0.1, -0.05) is 0 Å². The fourth-order valence-electron chi connectivity index (χ4n) is 1.98. The summed E-state index contributed by atoms with van der Waals surface area (Å²) in [7, 11) is 3.32. The van der Waals surface area contributed by atoms with Crippen molar-refractivity contribution in [2.75, 3.05) is 27.3 Å². The molecule has 1 heterocycles. The van der Waals surface area contributed by atoms with Crippen LogP contribution in [0, 0.1) is 0 Å². The molecule has 0 fully saturated rings. The van der Waals surface area contributed by atoms with Gasteiger partial charge in [0.1, 0.15) is 12.3 Å². The zero-order chi connectivity index (χ0) is 13.8. The van der Waals surface area contributed by atoms with Gasteiger partial charge in [0.15, 0.2) is 0 Å². The zero-order valence-electron chi connectivity index (χ0n) is 11.2. The van der Waals surface area contributed by atoms with Crippen LogP contribution in [0.15, 0.2) is 30.5 Å². The molecule has 1 amide bonds. The van der Waals surface area contributed by atoms with E-state index in [1.165, 1.54) is 4.90 Å². The molecule has 1 aromatic carbocycles. The first-order valence-corrected chi connectivity index (χ1v) is 6.13. The Kier molecular flexibility index (Phi) is 4.06. The molecule has 0 saturated heterocycles. The number of aliphatic hydroxyl groups excluding tert-OH is 1. The first-order valence-electron chi connectivity index (χ1n) is 6.13. The SMILES string of the molecule is COc1ccc2c(ccn2CC(=O)N(C)CCO)c1. The van der Waals surface area contributed by atoms with Gasteiger partial charge in [-0.2, -0.15) is 0 Å². The highest BCUT2D eigenvalue weighted by atomic mass is 16.5.